The largest absolute Gasteiger partial charge is 0.573 e. The van der Waals surface area contributed by atoms with Gasteiger partial charge in [-0.25, -0.2) is 8.42 Å². The lowest BCUT2D eigenvalue weighted by Gasteiger charge is -2.49. The van der Waals surface area contributed by atoms with Crippen LogP contribution in [0, 0.1) is 11.3 Å². The number of nitriles is 1. The molecule has 3 atom stereocenters. The Hall–Kier alpha value is -3.42. The van der Waals surface area contributed by atoms with Gasteiger partial charge in [0.25, 0.3) is 0 Å². The standard InChI is InChI=1S/C28H34F3N5O7S/c29-28(30,31)43-22-3-1-2-4-23(22)44(41,42)19-15-21(25(39)33-27(17-32)9-10-27)36(16-19)26(40)20-7-14-35(20)18-5-11-34(12-6-18)13-8-24(37)38/h1-4,18-21H,5-16H2,(H,33,39)(H,37,38)/t19-,20?,21+/m1/s1. The third-order valence-corrected chi connectivity index (χ3v) is 11.2. The van der Waals surface area contributed by atoms with Gasteiger partial charge < -0.3 is 25.0 Å². The number of halogens is 3. The number of carbonyl (C=O) groups excluding carboxylic acids is 2. The highest BCUT2D eigenvalue weighted by Gasteiger charge is 2.53. The Morgan fingerprint density at radius 1 is 1.09 bits per heavy atom. The lowest BCUT2D eigenvalue weighted by molar-refractivity contribution is -0.275. The van der Waals surface area contributed by atoms with E-state index in [4.69, 9.17) is 5.11 Å². The van der Waals surface area contributed by atoms with E-state index in [2.05, 4.69) is 15.0 Å². The Morgan fingerprint density at radius 2 is 1.77 bits per heavy atom. The van der Waals surface area contributed by atoms with Gasteiger partial charge in [-0.2, -0.15) is 5.26 Å². The monoisotopic (exact) mass is 641 g/mol. The van der Waals surface area contributed by atoms with Crippen molar-refractivity contribution in [3.8, 4) is 11.8 Å². The average molecular weight is 642 g/mol. The molecule has 3 aliphatic heterocycles. The van der Waals surface area contributed by atoms with Gasteiger partial charge in [-0.05, 0) is 63.7 Å². The van der Waals surface area contributed by atoms with Crippen molar-refractivity contribution in [2.45, 2.75) is 85.1 Å². The van der Waals surface area contributed by atoms with Crippen LogP contribution >= 0.6 is 0 Å². The number of para-hydroxylation sites is 1. The number of hydrogen-bond acceptors (Lipinski definition) is 9. The predicted octanol–water partition coefficient (Wildman–Crippen LogP) is 1.51. The molecule has 0 spiro atoms. The number of piperidine rings is 1. The molecular formula is C28H34F3N5O7S. The maximum Gasteiger partial charge on any atom is 0.573 e. The maximum atomic E-state index is 13.9. The number of likely N-dealkylation sites (tertiary alicyclic amines) is 3. The highest BCUT2D eigenvalue weighted by atomic mass is 32.2. The predicted molar refractivity (Wildman–Crippen MR) is 147 cm³/mol. The van der Waals surface area contributed by atoms with Crippen LogP contribution in [-0.4, -0.2) is 114 Å². The first-order chi connectivity index (χ1) is 20.7. The number of aliphatic carboxylic acids is 1. The van der Waals surface area contributed by atoms with Crippen LogP contribution in [0.5, 0.6) is 5.75 Å². The van der Waals surface area contributed by atoms with Gasteiger partial charge in [-0.3, -0.25) is 19.3 Å². The molecule has 3 heterocycles. The summed E-state index contributed by atoms with van der Waals surface area (Å²) in [7, 11) is -4.50. The van der Waals surface area contributed by atoms with Crippen molar-refractivity contribution in [2.24, 2.45) is 0 Å². The third kappa shape index (κ3) is 6.79. The normalized spacial score (nSPS) is 26.0. The number of carboxylic acid groups (broad SMARTS) is 1. The highest BCUT2D eigenvalue weighted by molar-refractivity contribution is 7.92. The number of carboxylic acids is 1. The van der Waals surface area contributed by atoms with E-state index in [0.29, 0.717) is 58.3 Å². The molecule has 1 saturated carbocycles. The first-order valence-electron chi connectivity index (χ1n) is 14.6. The second-order valence-electron chi connectivity index (χ2n) is 11.8. The van der Waals surface area contributed by atoms with Gasteiger partial charge >= 0.3 is 12.3 Å². The fraction of sp³-hybridized carbons (Fsp3) is 0.643. The summed E-state index contributed by atoms with van der Waals surface area (Å²) in [4.78, 5) is 42.9. The molecule has 1 aromatic carbocycles. The number of alkyl halides is 3. The molecule has 1 aromatic rings. The van der Waals surface area contributed by atoms with Crippen LogP contribution in [0.2, 0.25) is 0 Å². The zero-order chi connectivity index (χ0) is 31.9. The van der Waals surface area contributed by atoms with Crippen molar-refractivity contribution >= 4 is 27.6 Å². The fourth-order valence-corrected chi connectivity index (χ4v) is 8.14. The van der Waals surface area contributed by atoms with Crippen molar-refractivity contribution < 1.29 is 45.8 Å². The van der Waals surface area contributed by atoms with Gasteiger partial charge in [0, 0.05) is 25.7 Å². The number of ether oxygens (including phenoxy) is 1. The molecule has 3 saturated heterocycles. The SMILES string of the molecule is N#CC1(NC(=O)[C@@H]2C[C@@H](S(=O)(=O)c3ccccc3OC(F)(F)F)CN2C(=O)C2CCN2C2CCN(CCC(=O)O)CC2)CC1. The van der Waals surface area contributed by atoms with E-state index in [1.807, 2.05) is 11.0 Å². The number of amides is 2. The topological polar surface area (TPSA) is 160 Å². The van der Waals surface area contributed by atoms with E-state index in [-0.39, 0.29) is 18.9 Å². The number of carbonyl (C=O) groups is 3. The van der Waals surface area contributed by atoms with Crippen molar-refractivity contribution in [2.75, 3.05) is 32.7 Å². The van der Waals surface area contributed by atoms with Gasteiger partial charge in [-0.1, -0.05) is 12.1 Å². The van der Waals surface area contributed by atoms with Gasteiger partial charge in [0.05, 0.1) is 23.8 Å². The zero-order valence-corrected chi connectivity index (χ0v) is 24.6. The Labute approximate surface area is 252 Å². The molecular weight excluding hydrogens is 607 g/mol. The molecule has 2 amide bonds. The molecule has 44 heavy (non-hydrogen) atoms. The van der Waals surface area contributed by atoms with Crippen LogP contribution in [0.15, 0.2) is 29.2 Å². The maximum absolute atomic E-state index is 13.9. The third-order valence-electron chi connectivity index (χ3n) is 9.01. The molecule has 12 nitrogen and oxygen atoms in total. The Balaban J connectivity index is 1.34. The van der Waals surface area contributed by atoms with E-state index in [0.717, 1.165) is 12.1 Å². The number of nitrogens with one attached hydrogen (secondary N) is 1. The average Bonchev–Trinajstić information content (AvgIpc) is 3.55. The summed E-state index contributed by atoms with van der Waals surface area (Å²) in [6.07, 6.45) is -2.70. The van der Waals surface area contributed by atoms with E-state index in [9.17, 15) is 41.2 Å². The van der Waals surface area contributed by atoms with Gasteiger partial charge in [0.2, 0.25) is 11.8 Å². The van der Waals surface area contributed by atoms with Gasteiger partial charge in [0.1, 0.15) is 22.2 Å². The second kappa shape index (κ2) is 12.2. The van der Waals surface area contributed by atoms with Gasteiger partial charge in [0.15, 0.2) is 9.84 Å². The summed E-state index contributed by atoms with van der Waals surface area (Å²) in [6, 6.07) is 4.62. The van der Waals surface area contributed by atoms with Crippen LogP contribution in [0.3, 0.4) is 0 Å². The number of hydrogen-bond donors (Lipinski definition) is 2. The second-order valence-corrected chi connectivity index (χ2v) is 14.0. The molecule has 5 rings (SSSR count). The summed E-state index contributed by atoms with van der Waals surface area (Å²) >= 11 is 0. The van der Waals surface area contributed by atoms with E-state index >= 15 is 0 Å². The molecule has 4 aliphatic rings. The Morgan fingerprint density at radius 3 is 2.34 bits per heavy atom. The number of sulfone groups is 1. The van der Waals surface area contributed by atoms with E-state index in [1.54, 1.807) is 0 Å². The zero-order valence-electron chi connectivity index (χ0n) is 23.8. The smallest absolute Gasteiger partial charge is 0.481 e. The minimum atomic E-state index is -5.14. The molecule has 1 aliphatic carbocycles. The first kappa shape index (κ1) is 32.0. The van der Waals surface area contributed by atoms with Crippen molar-refractivity contribution in [3.63, 3.8) is 0 Å². The van der Waals surface area contributed by atoms with Crippen molar-refractivity contribution in [1.82, 2.24) is 20.0 Å². The van der Waals surface area contributed by atoms with Crippen LogP contribution < -0.4 is 10.1 Å². The summed E-state index contributed by atoms with van der Waals surface area (Å²) in [5.74, 6) is -2.88. The summed E-state index contributed by atoms with van der Waals surface area (Å²) < 4.78 is 70.6. The quantitative estimate of drug-likeness (QED) is 0.383. The molecule has 1 unspecified atom stereocenters. The number of benzene rings is 1. The minimum absolute atomic E-state index is 0.0396. The lowest BCUT2D eigenvalue weighted by atomic mass is 9.93. The summed E-state index contributed by atoms with van der Waals surface area (Å²) in [5, 5.41) is 19.7. The molecule has 0 bridgehead atoms. The number of nitrogens with zero attached hydrogens (tertiary/aromatic N) is 4. The molecule has 0 radical (unpaired) electrons. The summed E-state index contributed by atoms with van der Waals surface area (Å²) in [5.41, 5.74) is -1.08. The lowest BCUT2D eigenvalue weighted by Crippen LogP contribution is -2.63. The minimum Gasteiger partial charge on any atom is -0.481 e. The van der Waals surface area contributed by atoms with Crippen molar-refractivity contribution in [3.05, 3.63) is 24.3 Å². The van der Waals surface area contributed by atoms with Crippen LogP contribution in [0.25, 0.3) is 0 Å². The first-order valence-corrected chi connectivity index (χ1v) is 16.1. The summed E-state index contributed by atoms with van der Waals surface area (Å²) in [6.45, 7) is 1.99. The van der Waals surface area contributed by atoms with E-state index in [1.165, 1.54) is 17.0 Å². The molecule has 240 valence electrons. The molecule has 2 N–H and O–H groups in total. The van der Waals surface area contributed by atoms with Crippen LogP contribution in [0.1, 0.15) is 44.9 Å². The molecule has 0 aromatic heterocycles. The number of rotatable bonds is 10. The molecule has 4 fully saturated rings. The Bertz CT molecular complexity index is 1440. The van der Waals surface area contributed by atoms with Crippen LogP contribution in [-0.2, 0) is 24.2 Å². The van der Waals surface area contributed by atoms with E-state index < -0.39 is 74.0 Å². The van der Waals surface area contributed by atoms with Gasteiger partial charge in [-0.15, -0.1) is 13.2 Å². The van der Waals surface area contributed by atoms with Crippen molar-refractivity contribution in [1.29, 1.82) is 5.26 Å². The highest BCUT2D eigenvalue weighted by Crippen LogP contribution is 2.39. The fourth-order valence-electron chi connectivity index (χ4n) is 6.33. The Kier molecular flexibility index (Phi) is 8.85. The van der Waals surface area contributed by atoms with Crippen LogP contribution in [0.4, 0.5) is 13.2 Å². The molecule has 16 heteroatoms.